The summed E-state index contributed by atoms with van der Waals surface area (Å²) in [5, 5.41) is 7.60. The van der Waals surface area contributed by atoms with Crippen LogP contribution in [0.15, 0.2) is 49.6 Å². The van der Waals surface area contributed by atoms with E-state index in [4.69, 9.17) is 23.1 Å². The number of carbonyl (C=O) groups excluding carboxylic acids is 3. The minimum atomic E-state index is -2.94. The third kappa shape index (κ3) is 23.1. The summed E-state index contributed by atoms with van der Waals surface area (Å²) in [4.78, 5) is 41.2. The first-order chi connectivity index (χ1) is 17.2. The van der Waals surface area contributed by atoms with Gasteiger partial charge in [-0.25, -0.2) is 19.2 Å². The number of hydrogen-bond acceptors (Lipinski definition) is 10. The van der Waals surface area contributed by atoms with Crippen LogP contribution in [-0.2, 0) is 46.7 Å². The maximum atomic E-state index is 11.4. The molecular weight excluding hydrogens is 504 g/mol. The first kappa shape index (κ1) is 41.1. The molecule has 0 bridgehead atoms. The van der Waals surface area contributed by atoms with Gasteiger partial charge in [0.05, 0.1) is 13.7 Å². The second-order valence-electron chi connectivity index (χ2n) is 6.84. The Hall–Kier alpha value is -3.06. The maximum absolute atomic E-state index is 11.4. The molecule has 1 N–H and O–H groups in total. The lowest BCUT2D eigenvalue weighted by atomic mass is 10.4. The van der Waals surface area contributed by atoms with E-state index >= 15 is 0 Å². The van der Waals surface area contributed by atoms with Crippen molar-refractivity contribution in [3.63, 3.8) is 0 Å². The minimum absolute atomic E-state index is 0.330. The van der Waals surface area contributed by atoms with E-state index in [1.165, 1.54) is 34.5 Å². The molecule has 12 heteroatoms. The second kappa shape index (κ2) is 26.0. The quantitative estimate of drug-likeness (QED) is 0.118. The first-order valence-electron chi connectivity index (χ1n) is 11.1. The zero-order chi connectivity index (χ0) is 30.0. The molecule has 0 rings (SSSR count). The number of ether oxygens (including phenoxy) is 3. The monoisotopic (exact) mass is 548 g/mol. The Morgan fingerprint density at radius 3 is 1.51 bits per heavy atom. The normalized spacial score (nSPS) is 10.2. The van der Waals surface area contributed by atoms with Crippen molar-refractivity contribution in [2.75, 3.05) is 35.0 Å². The van der Waals surface area contributed by atoms with Gasteiger partial charge in [0, 0.05) is 44.6 Å². The van der Waals surface area contributed by atoms with Crippen molar-refractivity contribution in [2.24, 2.45) is 0 Å². The number of hydrogen-bond donors (Lipinski definition) is 1. The van der Waals surface area contributed by atoms with E-state index in [0.717, 1.165) is 18.9 Å². The number of carboxylic acids is 1. The number of carbonyl (C=O) groups is 4. The van der Waals surface area contributed by atoms with Gasteiger partial charge in [0.1, 0.15) is 0 Å². The Labute approximate surface area is 222 Å². The number of unbranched alkanes of at least 4 members (excludes halogenated alkanes) is 1. The van der Waals surface area contributed by atoms with E-state index in [2.05, 4.69) is 35.8 Å². The van der Waals surface area contributed by atoms with Crippen LogP contribution in [0.2, 0.25) is 0 Å². The molecule has 37 heavy (non-hydrogen) atoms. The molecule has 0 spiro atoms. The molecule has 0 aromatic heterocycles. The molecule has 0 aromatic rings. The predicted molar refractivity (Wildman–Crippen MR) is 142 cm³/mol. The highest BCUT2D eigenvalue weighted by atomic mass is 28.4. The summed E-state index contributed by atoms with van der Waals surface area (Å²) < 4.78 is 30.0. The van der Waals surface area contributed by atoms with Gasteiger partial charge < -0.3 is 32.6 Å². The summed E-state index contributed by atoms with van der Waals surface area (Å²) in [7, 11) is 2.84. The Morgan fingerprint density at radius 2 is 1.30 bits per heavy atom. The van der Waals surface area contributed by atoms with Gasteiger partial charge in [0.25, 0.3) is 0 Å². The molecule has 214 valence electrons. The zero-order valence-corrected chi connectivity index (χ0v) is 24.4. The number of carboxylic acid groups (broad SMARTS) is 1. The first-order valence-corrected chi connectivity index (χ1v) is 12.9. The summed E-state index contributed by atoms with van der Waals surface area (Å²) in [5.41, 5.74) is 0.254. The molecule has 0 radical (unpaired) electrons. The van der Waals surface area contributed by atoms with Gasteiger partial charge in [-0.3, -0.25) is 0 Å². The fraction of sp³-hybridized carbons (Fsp3) is 0.520. The summed E-state index contributed by atoms with van der Waals surface area (Å²) in [6, 6.07) is 0. The lowest BCUT2D eigenvalue weighted by molar-refractivity contribution is -0.144. The van der Waals surface area contributed by atoms with Crippen LogP contribution in [0.5, 0.6) is 0 Å². The summed E-state index contributed by atoms with van der Waals surface area (Å²) >= 11 is 0. The van der Waals surface area contributed by atoms with Crippen molar-refractivity contribution >= 4 is 32.7 Å². The summed E-state index contributed by atoms with van der Waals surface area (Å²) in [6.07, 6.45) is 4.54. The molecule has 0 aliphatic rings. The molecule has 0 aliphatic heterocycles. The fourth-order valence-corrected chi connectivity index (χ4v) is 3.87. The summed E-state index contributed by atoms with van der Waals surface area (Å²) in [6.45, 7) is 20.7. The van der Waals surface area contributed by atoms with E-state index in [0.29, 0.717) is 24.2 Å². The maximum Gasteiger partial charge on any atom is 0.543 e. The van der Waals surface area contributed by atoms with E-state index in [1.54, 1.807) is 13.8 Å². The standard InChI is InChI=1S/C10H20O5Si.C7H12O2.C5H8O2.C3H4O2/c1-7-9(15-10(11)8(2)3)16(12-4,13-5)14-6;1-3-5-6-9-7(8)4-2;1-4(2)5(6)7-3;1-2-3(4)5/h9H,2,7H2,1,3-6H3;4H,2-3,5-6H2,1H3;1H2,2-3H3;2H,1H2,(H,4,5). The van der Waals surface area contributed by atoms with Gasteiger partial charge >= 0.3 is 32.7 Å². The van der Waals surface area contributed by atoms with Crippen LogP contribution >= 0.6 is 0 Å². The zero-order valence-electron chi connectivity index (χ0n) is 23.4. The molecule has 0 heterocycles. The van der Waals surface area contributed by atoms with Crippen LogP contribution < -0.4 is 0 Å². The average Bonchev–Trinajstić information content (AvgIpc) is 2.89. The van der Waals surface area contributed by atoms with Gasteiger partial charge in [0.15, 0.2) is 5.73 Å². The molecule has 0 aromatic carbocycles. The lowest BCUT2D eigenvalue weighted by Crippen LogP contribution is -2.56. The third-order valence-electron chi connectivity index (χ3n) is 3.83. The van der Waals surface area contributed by atoms with Crippen molar-refractivity contribution in [3.8, 4) is 0 Å². The van der Waals surface area contributed by atoms with Gasteiger partial charge in [-0.1, -0.05) is 46.6 Å². The molecule has 0 amide bonds. The van der Waals surface area contributed by atoms with Crippen molar-refractivity contribution in [2.45, 2.75) is 52.7 Å². The van der Waals surface area contributed by atoms with Crippen LogP contribution in [0.25, 0.3) is 0 Å². The van der Waals surface area contributed by atoms with Crippen LogP contribution in [0.1, 0.15) is 47.0 Å². The van der Waals surface area contributed by atoms with Gasteiger partial charge in [-0.05, 0) is 26.7 Å². The van der Waals surface area contributed by atoms with Gasteiger partial charge in [-0.15, -0.1) is 0 Å². The fourth-order valence-electron chi connectivity index (χ4n) is 1.83. The summed E-state index contributed by atoms with van der Waals surface area (Å²) in [5.74, 6) is -2.12. The van der Waals surface area contributed by atoms with Crippen LogP contribution in [0, 0.1) is 0 Å². The third-order valence-corrected chi connectivity index (χ3v) is 6.86. The van der Waals surface area contributed by atoms with Crippen molar-refractivity contribution < 1.29 is 51.8 Å². The second-order valence-corrected chi connectivity index (χ2v) is 9.91. The van der Waals surface area contributed by atoms with Crippen molar-refractivity contribution in [3.05, 3.63) is 49.6 Å². The Balaban J connectivity index is -0.000000219. The number of rotatable bonds is 13. The largest absolute Gasteiger partial charge is 0.543 e. The SMILES string of the molecule is C=C(C)C(=O)OC.C=C(C)C(=O)OC(CC)[Si](OC)(OC)OC.C=CC(=O)O.C=CC(=O)OCCCC. The molecule has 0 aliphatic carbocycles. The van der Waals surface area contributed by atoms with Crippen LogP contribution in [0.3, 0.4) is 0 Å². The Morgan fingerprint density at radius 1 is 0.865 bits per heavy atom. The number of methoxy groups -OCH3 is 1. The molecule has 0 saturated heterocycles. The van der Waals surface area contributed by atoms with E-state index in [1.807, 2.05) is 13.8 Å². The van der Waals surface area contributed by atoms with Crippen LogP contribution in [-0.4, -0.2) is 78.6 Å². The smallest absolute Gasteiger partial charge is 0.478 e. The molecule has 0 fully saturated rings. The Kier molecular flexibility index (Phi) is 28.9. The predicted octanol–water partition coefficient (Wildman–Crippen LogP) is 3.81. The number of aliphatic carboxylic acids is 1. The number of esters is 3. The molecule has 0 saturated carbocycles. The molecule has 1 unspecified atom stereocenters. The highest BCUT2D eigenvalue weighted by molar-refractivity contribution is 6.62. The van der Waals surface area contributed by atoms with Gasteiger partial charge in [0.2, 0.25) is 0 Å². The highest BCUT2D eigenvalue weighted by Crippen LogP contribution is 2.19. The van der Waals surface area contributed by atoms with Crippen LogP contribution in [0.4, 0.5) is 0 Å². The van der Waals surface area contributed by atoms with Crippen molar-refractivity contribution in [1.29, 1.82) is 0 Å². The molecule has 11 nitrogen and oxygen atoms in total. The average molecular weight is 549 g/mol. The molecule has 1 atom stereocenters. The highest BCUT2D eigenvalue weighted by Gasteiger charge is 2.49. The Bertz CT molecular complexity index is 720. The lowest BCUT2D eigenvalue weighted by Gasteiger charge is -2.31. The van der Waals surface area contributed by atoms with E-state index < -0.39 is 26.5 Å². The van der Waals surface area contributed by atoms with Gasteiger partial charge in [-0.2, -0.15) is 0 Å². The van der Waals surface area contributed by atoms with Crippen molar-refractivity contribution in [1.82, 2.24) is 0 Å². The topological polar surface area (TPSA) is 144 Å². The minimum Gasteiger partial charge on any atom is -0.478 e. The molecular formula is C25H44O11Si. The van der Waals surface area contributed by atoms with E-state index in [-0.39, 0.29) is 11.9 Å². The van der Waals surface area contributed by atoms with E-state index in [9.17, 15) is 19.2 Å².